The number of carbonyl (C=O) groups is 6. The monoisotopic (exact) mass is 698 g/mol. The van der Waals surface area contributed by atoms with Crippen molar-refractivity contribution < 1.29 is 86.7 Å². The summed E-state index contributed by atoms with van der Waals surface area (Å²) in [5, 5.41) is 31.2. The molecule has 2 heterocycles. The number of hydrogen-bond donors (Lipinski definition) is 3. The second kappa shape index (κ2) is 17.2. The zero-order valence-corrected chi connectivity index (χ0v) is 27.2. The number of hydrogen-bond acceptors (Lipinski definition) is 18. The van der Waals surface area contributed by atoms with Crippen molar-refractivity contribution in [1.29, 1.82) is 0 Å². The molecule has 2 saturated heterocycles. The van der Waals surface area contributed by atoms with Gasteiger partial charge >= 0.3 is 35.8 Å². The summed E-state index contributed by atoms with van der Waals surface area (Å²) in [7, 11) is 0. The van der Waals surface area contributed by atoms with Crippen molar-refractivity contribution in [3.8, 4) is 5.75 Å². The molecule has 0 aromatic heterocycles. The van der Waals surface area contributed by atoms with Crippen LogP contribution in [0.15, 0.2) is 30.3 Å². The molecule has 0 bridgehead atoms. The summed E-state index contributed by atoms with van der Waals surface area (Å²) in [6.45, 7) is 3.06. The molecule has 18 nitrogen and oxygen atoms in total. The first kappa shape index (κ1) is 38.8. The first-order chi connectivity index (χ1) is 23.0. The summed E-state index contributed by atoms with van der Waals surface area (Å²) < 4.78 is 49.5. The maximum absolute atomic E-state index is 13.2. The molecular formula is C31H38O18. The summed E-state index contributed by atoms with van der Waals surface area (Å²) in [6, 6.07) is 5.72. The van der Waals surface area contributed by atoms with Gasteiger partial charge < -0.3 is 58.0 Å². The average Bonchev–Trinajstić information content (AvgIpc) is 3.28. The van der Waals surface area contributed by atoms with Crippen molar-refractivity contribution in [1.82, 2.24) is 0 Å². The summed E-state index contributed by atoms with van der Waals surface area (Å²) in [5.74, 6) is -7.91. The third-order valence-corrected chi connectivity index (χ3v) is 6.94. The van der Waals surface area contributed by atoms with Crippen LogP contribution in [0.4, 0.5) is 0 Å². The van der Waals surface area contributed by atoms with Gasteiger partial charge in [0.05, 0.1) is 0 Å². The van der Waals surface area contributed by atoms with Crippen LogP contribution < -0.4 is 0 Å². The lowest BCUT2D eigenvalue weighted by Crippen LogP contribution is -2.64. The molecule has 2 fully saturated rings. The van der Waals surface area contributed by atoms with E-state index < -0.39 is 110 Å². The number of carbonyl (C=O) groups excluding carboxylic acids is 6. The molecule has 0 aliphatic carbocycles. The predicted octanol–water partition coefficient (Wildman–Crippen LogP) is -0.572. The first-order valence-electron chi connectivity index (χ1n) is 14.8. The number of phenols is 1. The van der Waals surface area contributed by atoms with Gasteiger partial charge in [0.1, 0.15) is 50.0 Å². The number of aliphatic hydroxyl groups excluding tert-OH is 2. The Morgan fingerprint density at radius 1 is 0.735 bits per heavy atom. The topological polar surface area (TPSA) is 246 Å². The van der Waals surface area contributed by atoms with E-state index in [1.165, 1.54) is 30.3 Å². The lowest BCUT2D eigenvalue weighted by Gasteiger charge is -2.44. The molecule has 0 amide bonds. The zero-order chi connectivity index (χ0) is 36.5. The number of aromatic hydroxyl groups is 1. The first-order valence-corrected chi connectivity index (χ1v) is 14.8. The van der Waals surface area contributed by atoms with Gasteiger partial charge in [0, 0.05) is 40.7 Å². The molecule has 2 aliphatic heterocycles. The fourth-order valence-electron chi connectivity index (χ4n) is 4.86. The standard InChI is InChI=1S/C31H38O18/c1-15(32)41-12-22-25(39)26(40)28(45-19(5)36)30(46-22)49-31(14-43-17(3)34)29(27(44-18(4)35)23(48-31)13-42-16(2)33)47-24(38)11-8-20-6-9-21(37)10-7-20/h6-11,22-23,25-30,37,39-40H,12-14H2,1-5H3/b11-8+. The van der Waals surface area contributed by atoms with Gasteiger partial charge in [-0.25, -0.2) is 4.79 Å². The van der Waals surface area contributed by atoms with Crippen LogP contribution in [0.25, 0.3) is 6.08 Å². The molecule has 49 heavy (non-hydrogen) atoms. The number of rotatable bonds is 13. The fraction of sp³-hybridized carbons (Fsp3) is 0.548. The number of esters is 6. The van der Waals surface area contributed by atoms with E-state index in [-0.39, 0.29) is 5.75 Å². The lowest BCUT2D eigenvalue weighted by atomic mass is 9.98. The van der Waals surface area contributed by atoms with Gasteiger partial charge in [-0.2, -0.15) is 0 Å². The van der Waals surface area contributed by atoms with Gasteiger partial charge in [-0.3, -0.25) is 24.0 Å². The lowest BCUT2D eigenvalue weighted by molar-refractivity contribution is -0.384. The number of aliphatic hydroxyl groups is 2. The summed E-state index contributed by atoms with van der Waals surface area (Å²) in [5.41, 5.74) is 0.468. The molecular weight excluding hydrogens is 660 g/mol. The highest BCUT2D eigenvalue weighted by atomic mass is 16.8. The molecule has 18 heteroatoms. The molecule has 0 radical (unpaired) electrons. The van der Waals surface area contributed by atoms with E-state index in [1.807, 2.05) is 0 Å². The molecule has 1 aromatic carbocycles. The smallest absolute Gasteiger partial charge is 0.331 e. The molecule has 9 unspecified atom stereocenters. The summed E-state index contributed by atoms with van der Waals surface area (Å²) in [4.78, 5) is 72.8. The third kappa shape index (κ3) is 10.9. The molecule has 0 spiro atoms. The van der Waals surface area contributed by atoms with Crippen LogP contribution in [-0.4, -0.2) is 126 Å². The van der Waals surface area contributed by atoms with E-state index in [1.54, 1.807) is 0 Å². The minimum Gasteiger partial charge on any atom is -0.508 e. The van der Waals surface area contributed by atoms with E-state index in [9.17, 15) is 44.1 Å². The average molecular weight is 699 g/mol. The van der Waals surface area contributed by atoms with Crippen molar-refractivity contribution in [3.63, 3.8) is 0 Å². The molecule has 1 aromatic rings. The van der Waals surface area contributed by atoms with E-state index in [0.29, 0.717) is 5.56 Å². The van der Waals surface area contributed by atoms with Crippen LogP contribution in [0, 0.1) is 0 Å². The van der Waals surface area contributed by atoms with E-state index in [0.717, 1.165) is 40.7 Å². The van der Waals surface area contributed by atoms with Gasteiger partial charge in [0.15, 0.2) is 18.3 Å². The van der Waals surface area contributed by atoms with E-state index >= 15 is 0 Å². The predicted molar refractivity (Wildman–Crippen MR) is 157 cm³/mol. The molecule has 2 aliphatic rings. The van der Waals surface area contributed by atoms with Crippen LogP contribution in [0.3, 0.4) is 0 Å². The number of benzene rings is 1. The zero-order valence-electron chi connectivity index (χ0n) is 27.2. The highest BCUT2D eigenvalue weighted by Crippen LogP contribution is 2.41. The van der Waals surface area contributed by atoms with Crippen LogP contribution >= 0.6 is 0 Å². The quantitative estimate of drug-likeness (QED) is 0.133. The van der Waals surface area contributed by atoms with Gasteiger partial charge in [-0.1, -0.05) is 12.1 Å². The van der Waals surface area contributed by atoms with Gasteiger partial charge in [0.25, 0.3) is 0 Å². The fourth-order valence-corrected chi connectivity index (χ4v) is 4.86. The highest BCUT2D eigenvalue weighted by Gasteiger charge is 2.64. The maximum atomic E-state index is 13.2. The van der Waals surface area contributed by atoms with Crippen molar-refractivity contribution in [2.45, 2.75) is 89.4 Å². The Bertz CT molecular complexity index is 1390. The molecule has 9 atom stereocenters. The minimum absolute atomic E-state index is 0.0250. The SMILES string of the molecule is CC(=O)OCC1OC(OC2(COC(C)=O)OC(COC(C)=O)C(OC(C)=O)C2OC(=O)/C=C/c2ccc(O)cc2)C(OC(C)=O)C(O)C1O. The molecule has 270 valence electrons. The Kier molecular flexibility index (Phi) is 13.6. The van der Waals surface area contributed by atoms with Gasteiger partial charge in [-0.15, -0.1) is 0 Å². The summed E-state index contributed by atoms with van der Waals surface area (Å²) >= 11 is 0. The number of phenolic OH excluding ortho intramolecular Hbond substituents is 1. The van der Waals surface area contributed by atoms with Crippen molar-refractivity contribution in [3.05, 3.63) is 35.9 Å². The Morgan fingerprint density at radius 3 is 1.84 bits per heavy atom. The minimum atomic E-state index is -2.52. The van der Waals surface area contributed by atoms with Crippen LogP contribution in [0.2, 0.25) is 0 Å². The Morgan fingerprint density at radius 2 is 1.29 bits per heavy atom. The second-order valence-electron chi connectivity index (χ2n) is 10.9. The van der Waals surface area contributed by atoms with Crippen LogP contribution in [0.1, 0.15) is 40.2 Å². The Labute approximate surface area is 279 Å². The van der Waals surface area contributed by atoms with Crippen molar-refractivity contribution in [2.24, 2.45) is 0 Å². The summed E-state index contributed by atoms with van der Waals surface area (Å²) in [6.07, 6.45) is -11.6. The highest BCUT2D eigenvalue weighted by molar-refractivity contribution is 5.87. The molecule has 0 saturated carbocycles. The van der Waals surface area contributed by atoms with Gasteiger partial charge in [-0.05, 0) is 23.8 Å². The molecule has 3 N–H and O–H groups in total. The van der Waals surface area contributed by atoms with E-state index in [2.05, 4.69) is 0 Å². The van der Waals surface area contributed by atoms with Crippen molar-refractivity contribution in [2.75, 3.05) is 19.8 Å². The third-order valence-electron chi connectivity index (χ3n) is 6.94. The largest absolute Gasteiger partial charge is 0.508 e. The maximum Gasteiger partial charge on any atom is 0.331 e. The van der Waals surface area contributed by atoms with Crippen LogP contribution in [-0.2, 0) is 71.4 Å². The second-order valence-corrected chi connectivity index (χ2v) is 10.9. The normalized spacial score (nSPS) is 29.4. The van der Waals surface area contributed by atoms with E-state index in [4.69, 9.17) is 42.6 Å². The Balaban J connectivity index is 2.12. The Hall–Kier alpha value is -4.62. The van der Waals surface area contributed by atoms with Crippen LogP contribution in [0.5, 0.6) is 5.75 Å². The van der Waals surface area contributed by atoms with Crippen molar-refractivity contribution >= 4 is 41.9 Å². The molecule has 3 rings (SSSR count). The number of ether oxygens (including phenoxy) is 9. The van der Waals surface area contributed by atoms with Gasteiger partial charge in [0.2, 0.25) is 12.1 Å².